The average Bonchev–Trinajstić information content (AvgIpc) is 3.03. The summed E-state index contributed by atoms with van der Waals surface area (Å²) in [5, 5.41) is 0. The predicted molar refractivity (Wildman–Crippen MR) is 69.9 cm³/mol. The first-order valence-corrected chi connectivity index (χ1v) is 6.66. The van der Waals surface area contributed by atoms with E-state index in [-0.39, 0.29) is 11.6 Å². The lowest BCUT2D eigenvalue weighted by Gasteiger charge is -2.22. The van der Waals surface area contributed by atoms with Crippen LogP contribution in [-0.2, 0) is 11.2 Å². The highest BCUT2D eigenvalue weighted by atomic mass is 16.5. The molecule has 1 aliphatic heterocycles. The van der Waals surface area contributed by atoms with Gasteiger partial charge in [0.2, 0.25) is 0 Å². The fourth-order valence-corrected chi connectivity index (χ4v) is 3.23. The maximum Gasteiger partial charge on any atom is 0.341 e. The SMILES string of the molecule is COC(=O)c1ccc(OC)c2c1OC1(CCCC1)C2. The third-order valence-corrected chi connectivity index (χ3v) is 4.18. The minimum absolute atomic E-state index is 0.125. The van der Waals surface area contributed by atoms with Crippen molar-refractivity contribution in [3.8, 4) is 11.5 Å². The van der Waals surface area contributed by atoms with Crippen molar-refractivity contribution in [2.75, 3.05) is 14.2 Å². The second kappa shape index (κ2) is 4.44. The number of carbonyl (C=O) groups excluding carboxylic acids is 1. The molecule has 4 nitrogen and oxygen atoms in total. The summed E-state index contributed by atoms with van der Waals surface area (Å²) in [7, 11) is 3.03. The summed E-state index contributed by atoms with van der Waals surface area (Å²) in [6.45, 7) is 0. The smallest absolute Gasteiger partial charge is 0.341 e. The number of esters is 1. The largest absolute Gasteiger partial charge is 0.496 e. The first kappa shape index (κ1) is 12.3. The molecular weight excluding hydrogens is 244 g/mol. The van der Waals surface area contributed by atoms with Gasteiger partial charge in [-0.05, 0) is 37.8 Å². The molecule has 0 aromatic heterocycles. The summed E-state index contributed by atoms with van der Waals surface area (Å²) in [6.07, 6.45) is 5.29. The Morgan fingerprint density at radius 1 is 1.26 bits per heavy atom. The molecule has 1 aromatic rings. The number of carbonyl (C=O) groups is 1. The molecule has 0 unspecified atom stereocenters. The van der Waals surface area contributed by atoms with E-state index in [1.807, 2.05) is 6.07 Å². The number of hydrogen-bond acceptors (Lipinski definition) is 4. The summed E-state index contributed by atoms with van der Waals surface area (Å²) in [4.78, 5) is 11.8. The van der Waals surface area contributed by atoms with E-state index in [0.29, 0.717) is 11.3 Å². The first-order chi connectivity index (χ1) is 9.19. The van der Waals surface area contributed by atoms with Gasteiger partial charge >= 0.3 is 5.97 Å². The van der Waals surface area contributed by atoms with Gasteiger partial charge in [0.05, 0.1) is 14.2 Å². The van der Waals surface area contributed by atoms with Gasteiger partial charge in [0, 0.05) is 12.0 Å². The van der Waals surface area contributed by atoms with Crippen LogP contribution in [0.5, 0.6) is 11.5 Å². The fourth-order valence-electron chi connectivity index (χ4n) is 3.23. The van der Waals surface area contributed by atoms with E-state index >= 15 is 0 Å². The van der Waals surface area contributed by atoms with Gasteiger partial charge < -0.3 is 14.2 Å². The Balaban J connectivity index is 2.06. The zero-order chi connectivity index (χ0) is 13.5. The number of fused-ring (bicyclic) bond motifs is 1. The maximum atomic E-state index is 11.8. The summed E-state index contributed by atoms with van der Waals surface area (Å²) >= 11 is 0. The van der Waals surface area contributed by atoms with Crippen LogP contribution in [0.4, 0.5) is 0 Å². The Morgan fingerprint density at radius 3 is 2.63 bits per heavy atom. The van der Waals surface area contributed by atoms with Crippen LogP contribution in [0.25, 0.3) is 0 Å². The average molecular weight is 262 g/mol. The minimum Gasteiger partial charge on any atom is -0.496 e. The van der Waals surface area contributed by atoms with Crippen molar-refractivity contribution in [3.63, 3.8) is 0 Å². The molecule has 0 N–H and O–H groups in total. The van der Waals surface area contributed by atoms with E-state index < -0.39 is 0 Å². The van der Waals surface area contributed by atoms with Crippen molar-refractivity contribution >= 4 is 5.97 Å². The van der Waals surface area contributed by atoms with Gasteiger partial charge in [-0.25, -0.2) is 4.79 Å². The van der Waals surface area contributed by atoms with Gasteiger partial charge in [0.1, 0.15) is 22.7 Å². The lowest BCUT2D eigenvalue weighted by molar-refractivity contribution is 0.0582. The topological polar surface area (TPSA) is 44.8 Å². The van der Waals surface area contributed by atoms with Crippen LogP contribution in [0.1, 0.15) is 41.6 Å². The Kier molecular flexibility index (Phi) is 2.88. The van der Waals surface area contributed by atoms with Crippen LogP contribution in [-0.4, -0.2) is 25.8 Å². The molecule has 3 rings (SSSR count). The zero-order valence-electron chi connectivity index (χ0n) is 11.3. The number of methoxy groups -OCH3 is 2. The zero-order valence-corrected chi connectivity index (χ0v) is 11.3. The number of hydrogen-bond donors (Lipinski definition) is 0. The van der Waals surface area contributed by atoms with Crippen LogP contribution < -0.4 is 9.47 Å². The lowest BCUT2D eigenvalue weighted by Crippen LogP contribution is -2.30. The van der Waals surface area contributed by atoms with E-state index in [4.69, 9.17) is 14.2 Å². The van der Waals surface area contributed by atoms with Gasteiger partial charge in [0.25, 0.3) is 0 Å². The number of rotatable bonds is 2. The van der Waals surface area contributed by atoms with Crippen LogP contribution in [0, 0.1) is 0 Å². The Morgan fingerprint density at radius 2 is 2.00 bits per heavy atom. The molecule has 1 fully saturated rings. The third kappa shape index (κ3) is 1.86. The van der Waals surface area contributed by atoms with E-state index in [2.05, 4.69) is 0 Å². The van der Waals surface area contributed by atoms with E-state index in [1.165, 1.54) is 20.0 Å². The van der Waals surface area contributed by atoms with Gasteiger partial charge in [-0.15, -0.1) is 0 Å². The molecule has 1 aromatic carbocycles. The molecule has 0 bridgehead atoms. The third-order valence-electron chi connectivity index (χ3n) is 4.18. The van der Waals surface area contributed by atoms with Gasteiger partial charge in [-0.3, -0.25) is 0 Å². The van der Waals surface area contributed by atoms with Gasteiger partial charge in [0.15, 0.2) is 0 Å². The van der Waals surface area contributed by atoms with Crippen LogP contribution in [0.3, 0.4) is 0 Å². The summed E-state index contributed by atoms with van der Waals surface area (Å²) in [5.74, 6) is 1.11. The highest BCUT2D eigenvalue weighted by Crippen LogP contribution is 2.49. The normalized spacial score (nSPS) is 19.1. The molecule has 1 aliphatic carbocycles. The van der Waals surface area contributed by atoms with E-state index in [9.17, 15) is 4.79 Å². The Labute approximate surface area is 112 Å². The molecule has 2 aliphatic rings. The Bertz CT molecular complexity index is 515. The van der Waals surface area contributed by atoms with Gasteiger partial charge in [-0.1, -0.05) is 0 Å². The molecule has 0 amide bonds. The predicted octanol–water partition coefficient (Wildman–Crippen LogP) is 2.73. The maximum absolute atomic E-state index is 11.8. The number of ether oxygens (including phenoxy) is 3. The van der Waals surface area contributed by atoms with E-state index in [0.717, 1.165) is 30.6 Å². The van der Waals surface area contributed by atoms with Crippen molar-refractivity contribution < 1.29 is 19.0 Å². The quantitative estimate of drug-likeness (QED) is 0.769. The lowest BCUT2D eigenvalue weighted by atomic mass is 9.94. The molecule has 0 radical (unpaired) electrons. The number of benzene rings is 1. The van der Waals surface area contributed by atoms with Crippen molar-refractivity contribution in [3.05, 3.63) is 23.3 Å². The van der Waals surface area contributed by atoms with Crippen molar-refractivity contribution in [1.82, 2.24) is 0 Å². The van der Waals surface area contributed by atoms with Crippen LogP contribution in [0.2, 0.25) is 0 Å². The monoisotopic (exact) mass is 262 g/mol. The van der Waals surface area contributed by atoms with Crippen molar-refractivity contribution in [1.29, 1.82) is 0 Å². The van der Waals surface area contributed by atoms with Crippen LogP contribution in [0.15, 0.2) is 12.1 Å². The molecular formula is C15H18O4. The molecule has 0 saturated heterocycles. The first-order valence-electron chi connectivity index (χ1n) is 6.66. The summed E-state index contributed by atoms with van der Waals surface area (Å²) in [5.41, 5.74) is 1.38. The molecule has 1 heterocycles. The van der Waals surface area contributed by atoms with E-state index in [1.54, 1.807) is 13.2 Å². The molecule has 102 valence electrons. The standard InChI is InChI=1S/C15H18O4/c1-17-12-6-5-10(14(16)18-2)13-11(12)9-15(19-13)7-3-4-8-15/h5-6H,3-4,7-9H2,1-2H3. The molecule has 4 heteroatoms. The molecule has 1 spiro atoms. The van der Waals surface area contributed by atoms with Gasteiger partial charge in [-0.2, -0.15) is 0 Å². The molecule has 0 atom stereocenters. The summed E-state index contributed by atoms with van der Waals surface area (Å²) < 4.78 is 16.4. The minimum atomic E-state index is -0.353. The second-order valence-corrected chi connectivity index (χ2v) is 5.28. The fraction of sp³-hybridized carbons (Fsp3) is 0.533. The summed E-state index contributed by atoms with van der Waals surface area (Å²) in [6, 6.07) is 3.54. The van der Waals surface area contributed by atoms with Crippen LogP contribution >= 0.6 is 0 Å². The highest BCUT2D eigenvalue weighted by molar-refractivity contribution is 5.93. The highest BCUT2D eigenvalue weighted by Gasteiger charge is 2.44. The van der Waals surface area contributed by atoms with Crippen molar-refractivity contribution in [2.24, 2.45) is 0 Å². The molecule has 1 saturated carbocycles. The van der Waals surface area contributed by atoms with Crippen molar-refractivity contribution in [2.45, 2.75) is 37.7 Å². The Hall–Kier alpha value is -1.71. The second-order valence-electron chi connectivity index (χ2n) is 5.28. The molecule has 19 heavy (non-hydrogen) atoms.